The number of hydroxylamine groups is 1. The fourth-order valence-corrected chi connectivity index (χ4v) is 4.55. The highest BCUT2D eigenvalue weighted by molar-refractivity contribution is 6.24. The van der Waals surface area contributed by atoms with E-state index in [1.165, 1.54) is 72.8 Å². The average Bonchev–Trinajstić information content (AvgIpc) is 3.40. The van der Waals surface area contributed by atoms with Crippen LogP contribution in [0.4, 0.5) is 22.7 Å². The number of phenolic OH excluding ortho intramolecular Hbond substituents is 1. The molecule has 5 rings (SSSR count). The Labute approximate surface area is 208 Å². The third kappa shape index (κ3) is 3.87. The van der Waals surface area contributed by atoms with Crippen molar-refractivity contribution in [1.82, 2.24) is 0 Å². The molecule has 2 saturated heterocycles. The molecule has 2 fully saturated rings. The number of fused-ring (bicyclic) bond motifs is 1. The number of anilines is 2. The molecule has 3 atom stereocenters. The van der Waals surface area contributed by atoms with Crippen LogP contribution in [0.25, 0.3) is 0 Å². The first-order valence-corrected chi connectivity index (χ1v) is 10.9. The van der Waals surface area contributed by atoms with E-state index in [0.29, 0.717) is 11.3 Å². The molecular formula is C24H18N4O9. The highest BCUT2D eigenvalue weighted by atomic mass is 16.7. The van der Waals surface area contributed by atoms with E-state index in [9.17, 15) is 34.9 Å². The lowest BCUT2D eigenvalue weighted by Crippen LogP contribution is -2.37. The molecule has 13 heteroatoms. The minimum Gasteiger partial charge on any atom is -0.504 e. The number of aromatic hydroxyl groups is 1. The monoisotopic (exact) mass is 506 g/mol. The van der Waals surface area contributed by atoms with E-state index in [1.807, 2.05) is 0 Å². The molecule has 2 heterocycles. The topological polar surface area (TPSA) is 166 Å². The summed E-state index contributed by atoms with van der Waals surface area (Å²) in [4.78, 5) is 54.8. The van der Waals surface area contributed by atoms with Crippen molar-refractivity contribution in [3.63, 3.8) is 0 Å². The van der Waals surface area contributed by atoms with Gasteiger partial charge in [0.05, 0.1) is 34.4 Å². The Balaban J connectivity index is 1.57. The zero-order valence-corrected chi connectivity index (χ0v) is 19.1. The van der Waals surface area contributed by atoms with Crippen molar-refractivity contribution in [3.8, 4) is 11.5 Å². The normalized spacial score (nSPS) is 20.7. The Bertz CT molecular complexity index is 1430. The standard InChI is InChI=1S/C24H18N4O9/c1-36-19-12-13(2-11-18(19)29)21-20-22(37-26(21)15-5-9-17(10-6-15)28(34)35)24(31)25(23(20)30)14-3-7-16(8-4-14)27(32)33/h2-12,20-22,29H,1H3/t20-,21-,22+/m1/s1. The molecule has 3 aromatic rings. The number of imide groups is 1. The molecule has 3 aromatic carbocycles. The van der Waals surface area contributed by atoms with Crippen molar-refractivity contribution in [2.45, 2.75) is 12.1 Å². The number of hydrogen-bond acceptors (Lipinski definition) is 10. The molecule has 0 bridgehead atoms. The van der Waals surface area contributed by atoms with Gasteiger partial charge in [0.25, 0.3) is 17.3 Å². The van der Waals surface area contributed by atoms with E-state index in [2.05, 4.69) is 0 Å². The summed E-state index contributed by atoms with van der Waals surface area (Å²) in [5.74, 6) is -2.29. The van der Waals surface area contributed by atoms with Crippen LogP contribution in [-0.4, -0.2) is 40.0 Å². The van der Waals surface area contributed by atoms with E-state index in [1.54, 1.807) is 6.07 Å². The molecule has 37 heavy (non-hydrogen) atoms. The van der Waals surface area contributed by atoms with Crippen LogP contribution in [0.5, 0.6) is 11.5 Å². The quantitative estimate of drug-likeness (QED) is 0.298. The highest BCUT2D eigenvalue weighted by Crippen LogP contribution is 2.48. The molecule has 1 N–H and O–H groups in total. The van der Waals surface area contributed by atoms with E-state index in [0.717, 1.165) is 4.90 Å². The van der Waals surface area contributed by atoms with Crippen molar-refractivity contribution in [2.75, 3.05) is 17.1 Å². The van der Waals surface area contributed by atoms with Crippen molar-refractivity contribution in [2.24, 2.45) is 5.92 Å². The Kier molecular flexibility index (Phi) is 5.68. The summed E-state index contributed by atoms with van der Waals surface area (Å²) in [6.45, 7) is 0. The number of nitro groups is 2. The van der Waals surface area contributed by atoms with Gasteiger partial charge in [-0.15, -0.1) is 0 Å². The van der Waals surface area contributed by atoms with Gasteiger partial charge < -0.3 is 9.84 Å². The predicted octanol–water partition coefficient (Wildman–Crippen LogP) is 3.27. The van der Waals surface area contributed by atoms with Gasteiger partial charge >= 0.3 is 0 Å². The molecule has 0 spiro atoms. The zero-order valence-electron chi connectivity index (χ0n) is 19.1. The SMILES string of the molecule is COc1cc([C@@H]2[C@H]3C(=O)N(c4ccc([N+](=O)[O-])cc4)C(=O)[C@H]3ON2c2ccc([N+](=O)[O-])cc2)ccc1O. The number of ether oxygens (including phenoxy) is 1. The van der Waals surface area contributed by atoms with Crippen molar-refractivity contribution >= 4 is 34.6 Å². The second-order valence-corrected chi connectivity index (χ2v) is 8.31. The molecule has 0 aliphatic carbocycles. The summed E-state index contributed by atoms with van der Waals surface area (Å²) in [6.07, 6.45) is -1.23. The molecule has 0 radical (unpaired) electrons. The Morgan fingerprint density at radius 1 is 0.865 bits per heavy atom. The van der Waals surface area contributed by atoms with E-state index in [-0.39, 0.29) is 28.6 Å². The number of carbonyl (C=O) groups excluding carboxylic acids is 2. The first-order valence-electron chi connectivity index (χ1n) is 10.9. The van der Waals surface area contributed by atoms with Crippen molar-refractivity contribution in [3.05, 3.63) is 92.5 Å². The highest BCUT2D eigenvalue weighted by Gasteiger charge is 2.60. The molecule has 188 valence electrons. The third-order valence-corrected chi connectivity index (χ3v) is 6.29. The summed E-state index contributed by atoms with van der Waals surface area (Å²) < 4.78 is 5.21. The van der Waals surface area contributed by atoms with E-state index in [4.69, 9.17) is 9.57 Å². The van der Waals surface area contributed by atoms with Gasteiger partial charge in [0, 0.05) is 24.3 Å². The smallest absolute Gasteiger partial charge is 0.269 e. The first kappa shape index (κ1) is 23.7. The molecule has 2 aliphatic rings. The first-order chi connectivity index (χ1) is 17.7. The summed E-state index contributed by atoms with van der Waals surface area (Å²) >= 11 is 0. The summed E-state index contributed by atoms with van der Waals surface area (Å²) in [6, 6.07) is 14.0. The maximum atomic E-state index is 13.6. The van der Waals surface area contributed by atoms with Crippen LogP contribution in [0.1, 0.15) is 11.6 Å². The zero-order chi connectivity index (χ0) is 26.4. The Hall–Kier alpha value is -5.04. The van der Waals surface area contributed by atoms with Crippen molar-refractivity contribution < 1.29 is 34.1 Å². The second kappa shape index (κ2) is 8.87. The van der Waals surface area contributed by atoms with E-state index < -0.39 is 39.7 Å². The number of methoxy groups -OCH3 is 1. The van der Waals surface area contributed by atoms with Crippen molar-refractivity contribution in [1.29, 1.82) is 0 Å². The summed E-state index contributed by atoms with van der Waals surface area (Å²) in [5, 5.41) is 33.5. The van der Waals surface area contributed by atoms with Gasteiger partial charge in [-0.3, -0.25) is 34.7 Å². The van der Waals surface area contributed by atoms with Crippen LogP contribution in [0.15, 0.2) is 66.7 Å². The van der Waals surface area contributed by atoms with Gasteiger partial charge in [0.2, 0.25) is 5.91 Å². The van der Waals surface area contributed by atoms with Gasteiger partial charge in [-0.2, -0.15) is 0 Å². The number of rotatable bonds is 6. The maximum Gasteiger partial charge on any atom is 0.269 e. The predicted molar refractivity (Wildman–Crippen MR) is 127 cm³/mol. The second-order valence-electron chi connectivity index (χ2n) is 8.31. The number of nitrogens with zero attached hydrogens (tertiary/aromatic N) is 4. The maximum absolute atomic E-state index is 13.6. The number of phenols is 1. The third-order valence-electron chi connectivity index (χ3n) is 6.29. The fraction of sp³-hybridized carbons (Fsp3) is 0.167. The van der Waals surface area contributed by atoms with Crippen LogP contribution in [-0.2, 0) is 14.4 Å². The summed E-state index contributed by atoms with van der Waals surface area (Å²) in [5.41, 5.74) is 0.648. The van der Waals surface area contributed by atoms with Gasteiger partial charge in [0.15, 0.2) is 17.6 Å². The molecule has 0 unspecified atom stereocenters. The van der Waals surface area contributed by atoms with Crippen LogP contribution in [0.2, 0.25) is 0 Å². The number of non-ortho nitro benzene ring substituents is 2. The largest absolute Gasteiger partial charge is 0.504 e. The fourth-order valence-electron chi connectivity index (χ4n) is 4.55. The molecule has 2 amide bonds. The van der Waals surface area contributed by atoms with Gasteiger partial charge in [0.1, 0.15) is 5.92 Å². The summed E-state index contributed by atoms with van der Waals surface area (Å²) in [7, 11) is 1.36. The number of benzene rings is 3. The van der Waals surface area contributed by atoms with Crippen LogP contribution in [0.3, 0.4) is 0 Å². The molecule has 0 aromatic heterocycles. The number of amides is 2. The van der Waals surface area contributed by atoms with Gasteiger partial charge in [-0.25, -0.2) is 9.96 Å². The lowest BCUT2D eigenvalue weighted by Gasteiger charge is -2.29. The minimum atomic E-state index is -1.23. The number of carbonyl (C=O) groups is 2. The number of hydrogen-bond donors (Lipinski definition) is 1. The molecule has 13 nitrogen and oxygen atoms in total. The minimum absolute atomic E-state index is 0.133. The lowest BCUT2D eigenvalue weighted by molar-refractivity contribution is -0.385. The van der Waals surface area contributed by atoms with Crippen LogP contribution >= 0.6 is 0 Å². The Morgan fingerprint density at radius 2 is 1.43 bits per heavy atom. The molecular weight excluding hydrogens is 488 g/mol. The van der Waals surface area contributed by atoms with Crippen LogP contribution < -0.4 is 14.7 Å². The molecule has 2 aliphatic heterocycles. The molecule has 0 saturated carbocycles. The van der Waals surface area contributed by atoms with Crippen LogP contribution in [0, 0.1) is 26.1 Å². The number of nitro benzene ring substituents is 2. The van der Waals surface area contributed by atoms with Gasteiger partial charge in [-0.05, 0) is 42.0 Å². The van der Waals surface area contributed by atoms with Gasteiger partial charge in [-0.1, -0.05) is 6.07 Å². The Morgan fingerprint density at radius 3 is 1.97 bits per heavy atom. The van der Waals surface area contributed by atoms with E-state index >= 15 is 0 Å². The lowest BCUT2D eigenvalue weighted by atomic mass is 9.90. The average molecular weight is 506 g/mol.